The first-order valence-corrected chi connectivity index (χ1v) is 6.15. The van der Waals surface area contributed by atoms with Crippen LogP contribution in [0.1, 0.15) is 31.2 Å². The number of aliphatic imine (C=N–C) groups is 1. The van der Waals surface area contributed by atoms with Crippen LogP contribution >= 0.6 is 0 Å². The summed E-state index contributed by atoms with van der Waals surface area (Å²) in [6, 6.07) is 4.80. The molecule has 1 aromatic heterocycles. The molecule has 1 unspecified atom stereocenters. The Balaban J connectivity index is 1.62. The topological polar surface area (TPSA) is 60.5 Å². The van der Waals surface area contributed by atoms with Gasteiger partial charge in [0, 0.05) is 12.4 Å². The summed E-state index contributed by atoms with van der Waals surface area (Å²) in [5.41, 5.74) is 7.24. The van der Waals surface area contributed by atoms with Crippen LogP contribution in [-0.2, 0) is 10.2 Å². The Morgan fingerprint density at radius 1 is 1.47 bits per heavy atom. The molecule has 4 heteroatoms. The van der Waals surface area contributed by atoms with Crippen molar-refractivity contribution in [3.05, 3.63) is 30.1 Å². The van der Waals surface area contributed by atoms with Crippen molar-refractivity contribution in [2.75, 3.05) is 6.61 Å². The van der Waals surface area contributed by atoms with E-state index < -0.39 is 0 Å². The first-order valence-electron chi connectivity index (χ1n) is 6.15. The van der Waals surface area contributed by atoms with E-state index in [1.165, 1.54) is 18.4 Å². The fourth-order valence-electron chi connectivity index (χ4n) is 2.54. The maximum Gasteiger partial charge on any atom is 0.282 e. The van der Waals surface area contributed by atoms with Gasteiger partial charge in [0.05, 0.1) is 6.04 Å². The minimum atomic E-state index is 0.254. The molecular formula is C13H17N3O. The quantitative estimate of drug-likeness (QED) is 0.856. The maximum absolute atomic E-state index is 5.51. The van der Waals surface area contributed by atoms with E-state index >= 15 is 0 Å². The van der Waals surface area contributed by atoms with Gasteiger partial charge in [0.1, 0.15) is 6.61 Å². The molecule has 1 fully saturated rings. The van der Waals surface area contributed by atoms with Gasteiger partial charge in [-0.15, -0.1) is 0 Å². The Bertz CT molecular complexity index is 426. The fraction of sp³-hybridized carbons (Fsp3) is 0.538. The highest BCUT2D eigenvalue weighted by Crippen LogP contribution is 2.51. The Morgan fingerprint density at radius 3 is 2.94 bits per heavy atom. The molecule has 0 saturated heterocycles. The van der Waals surface area contributed by atoms with E-state index in [-0.39, 0.29) is 6.04 Å². The van der Waals surface area contributed by atoms with Crippen molar-refractivity contribution in [3.8, 4) is 0 Å². The van der Waals surface area contributed by atoms with Gasteiger partial charge >= 0.3 is 0 Å². The number of hydrogen-bond donors (Lipinski definition) is 1. The Morgan fingerprint density at radius 2 is 2.35 bits per heavy atom. The van der Waals surface area contributed by atoms with Crippen LogP contribution in [0, 0.1) is 0 Å². The van der Waals surface area contributed by atoms with E-state index in [1.54, 1.807) is 0 Å². The van der Waals surface area contributed by atoms with Gasteiger partial charge in [-0.3, -0.25) is 4.98 Å². The SMILES string of the molecule is NC1=NC(CCC2(c3cccnc3)CC2)CO1. The standard InChI is InChI=1S/C13H17N3O/c14-12-16-11(9-17-12)3-4-13(5-6-13)10-2-1-7-15-8-10/h1-2,7-8,11H,3-6,9H2,(H2,14,16). The first-order chi connectivity index (χ1) is 8.28. The summed E-state index contributed by atoms with van der Waals surface area (Å²) in [7, 11) is 0. The zero-order valence-electron chi connectivity index (χ0n) is 9.80. The summed E-state index contributed by atoms with van der Waals surface area (Å²) >= 11 is 0. The summed E-state index contributed by atoms with van der Waals surface area (Å²) < 4.78 is 5.17. The summed E-state index contributed by atoms with van der Waals surface area (Å²) in [4.78, 5) is 8.48. The number of nitrogens with two attached hydrogens (primary N) is 1. The average Bonchev–Trinajstić information content (AvgIpc) is 3.05. The van der Waals surface area contributed by atoms with Gasteiger partial charge in [-0.1, -0.05) is 6.07 Å². The molecule has 4 nitrogen and oxygen atoms in total. The van der Waals surface area contributed by atoms with Crippen molar-refractivity contribution in [1.29, 1.82) is 0 Å². The molecule has 17 heavy (non-hydrogen) atoms. The molecule has 0 amide bonds. The van der Waals surface area contributed by atoms with Gasteiger partial charge in [0.15, 0.2) is 0 Å². The normalized spacial score (nSPS) is 25.2. The zero-order valence-corrected chi connectivity index (χ0v) is 9.80. The Hall–Kier alpha value is -1.58. The lowest BCUT2D eigenvalue weighted by molar-refractivity contribution is 0.302. The second-order valence-corrected chi connectivity index (χ2v) is 4.99. The monoisotopic (exact) mass is 231 g/mol. The van der Waals surface area contributed by atoms with Crippen molar-refractivity contribution in [2.24, 2.45) is 10.7 Å². The Kier molecular flexibility index (Phi) is 2.50. The molecule has 2 heterocycles. The second kappa shape index (κ2) is 4.02. The molecule has 1 aliphatic heterocycles. The molecule has 0 spiro atoms. The van der Waals surface area contributed by atoms with Crippen LogP contribution in [0.25, 0.3) is 0 Å². The van der Waals surface area contributed by atoms with E-state index in [9.17, 15) is 0 Å². The molecule has 1 atom stereocenters. The highest BCUT2D eigenvalue weighted by Gasteiger charge is 2.44. The smallest absolute Gasteiger partial charge is 0.282 e. The van der Waals surface area contributed by atoms with Gasteiger partial charge < -0.3 is 10.5 Å². The summed E-state index contributed by atoms with van der Waals surface area (Å²) in [6.07, 6.45) is 8.57. The fourth-order valence-corrected chi connectivity index (χ4v) is 2.54. The molecule has 2 aliphatic rings. The molecule has 3 rings (SSSR count). The van der Waals surface area contributed by atoms with Crippen molar-refractivity contribution in [1.82, 2.24) is 4.98 Å². The molecule has 0 radical (unpaired) electrons. The van der Waals surface area contributed by atoms with Crippen LogP contribution < -0.4 is 5.73 Å². The van der Waals surface area contributed by atoms with E-state index in [2.05, 4.69) is 16.0 Å². The third-order valence-electron chi connectivity index (χ3n) is 3.82. The highest BCUT2D eigenvalue weighted by molar-refractivity contribution is 5.72. The molecule has 0 aromatic carbocycles. The van der Waals surface area contributed by atoms with Crippen LogP contribution in [-0.4, -0.2) is 23.7 Å². The largest absolute Gasteiger partial charge is 0.463 e. The first kappa shape index (κ1) is 10.6. The van der Waals surface area contributed by atoms with Crippen molar-refractivity contribution < 1.29 is 4.74 Å². The lowest BCUT2D eigenvalue weighted by Gasteiger charge is -2.16. The highest BCUT2D eigenvalue weighted by atomic mass is 16.5. The second-order valence-electron chi connectivity index (χ2n) is 4.99. The van der Waals surface area contributed by atoms with Gasteiger partial charge in [0.25, 0.3) is 6.02 Å². The minimum absolute atomic E-state index is 0.254. The van der Waals surface area contributed by atoms with Gasteiger partial charge in [-0.2, -0.15) is 0 Å². The molecule has 1 aromatic rings. The molecule has 1 aliphatic carbocycles. The van der Waals surface area contributed by atoms with Gasteiger partial charge in [-0.25, -0.2) is 4.99 Å². The summed E-state index contributed by atoms with van der Waals surface area (Å²) in [6.45, 7) is 0.648. The average molecular weight is 231 g/mol. The number of pyridine rings is 1. The lowest BCUT2D eigenvalue weighted by atomic mass is 9.91. The number of ether oxygens (including phenoxy) is 1. The van der Waals surface area contributed by atoms with Crippen LogP contribution in [0.4, 0.5) is 0 Å². The third kappa shape index (κ3) is 2.12. The molecule has 90 valence electrons. The zero-order chi connectivity index (χ0) is 11.7. The Labute approximate surface area is 101 Å². The molecule has 2 N–H and O–H groups in total. The van der Waals surface area contributed by atoms with Crippen LogP contribution in [0.3, 0.4) is 0 Å². The van der Waals surface area contributed by atoms with Gasteiger partial charge in [-0.05, 0) is 42.7 Å². The number of amidine groups is 1. The summed E-state index contributed by atoms with van der Waals surface area (Å²) in [5, 5.41) is 0. The number of aromatic nitrogens is 1. The predicted molar refractivity (Wildman–Crippen MR) is 65.7 cm³/mol. The van der Waals surface area contributed by atoms with Crippen LogP contribution in [0.2, 0.25) is 0 Å². The van der Waals surface area contributed by atoms with Crippen molar-refractivity contribution >= 4 is 6.02 Å². The van der Waals surface area contributed by atoms with E-state index in [1.807, 2.05) is 18.5 Å². The molecule has 0 bridgehead atoms. The number of nitrogens with zero attached hydrogens (tertiary/aromatic N) is 2. The van der Waals surface area contributed by atoms with E-state index in [4.69, 9.17) is 10.5 Å². The maximum atomic E-state index is 5.51. The predicted octanol–water partition coefficient (Wildman–Crippen LogP) is 1.61. The third-order valence-corrected chi connectivity index (χ3v) is 3.82. The minimum Gasteiger partial charge on any atom is -0.463 e. The van der Waals surface area contributed by atoms with Crippen molar-refractivity contribution in [2.45, 2.75) is 37.1 Å². The van der Waals surface area contributed by atoms with E-state index in [0.717, 1.165) is 12.8 Å². The van der Waals surface area contributed by atoms with Crippen LogP contribution in [0.15, 0.2) is 29.5 Å². The van der Waals surface area contributed by atoms with Crippen LogP contribution in [0.5, 0.6) is 0 Å². The summed E-state index contributed by atoms with van der Waals surface area (Å²) in [5.74, 6) is 0. The number of rotatable bonds is 4. The van der Waals surface area contributed by atoms with E-state index in [0.29, 0.717) is 18.0 Å². The molecular weight excluding hydrogens is 214 g/mol. The number of hydrogen-bond acceptors (Lipinski definition) is 4. The van der Waals surface area contributed by atoms with Gasteiger partial charge in [0.2, 0.25) is 0 Å². The molecule has 1 saturated carbocycles. The van der Waals surface area contributed by atoms with Crippen molar-refractivity contribution in [3.63, 3.8) is 0 Å². The lowest BCUT2D eigenvalue weighted by Crippen LogP contribution is -2.13.